The number of hydrogen-bond donors (Lipinski definition) is 0. The Morgan fingerprint density at radius 3 is 2.38 bits per heavy atom. The Morgan fingerprint density at radius 2 is 1.88 bits per heavy atom. The number of hydrogen-bond acceptors (Lipinski definition) is 2. The van der Waals surface area contributed by atoms with Crippen LogP contribution in [0.5, 0.6) is 0 Å². The first-order chi connectivity index (χ1) is 7.49. The van der Waals surface area contributed by atoms with Gasteiger partial charge in [-0.05, 0) is 18.9 Å². The van der Waals surface area contributed by atoms with E-state index in [0.29, 0.717) is 12.8 Å². The third-order valence-corrected chi connectivity index (χ3v) is 2.70. The van der Waals surface area contributed by atoms with Crippen LogP contribution in [0.1, 0.15) is 24.0 Å². The molecule has 0 amide bonds. The molecule has 0 unspecified atom stereocenters. The lowest BCUT2D eigenvalue weighted by Gasteiger charge is -2.19. The first-order valence-corrected chi connectivity index (χ1v) is 4.78. The van der Waals surface area contributed by atoms with E-state index < -0.39 is 17.3 Å². The zero-order valence-corrected chi connectivity index (χ0v) is 8.25. The number of rotatable bonds is 3. The quantitative estimate of drug-likeness (QED) is 0.746. The van der Waals surface area contributed by atoms with E-state index in [2.05, 4.69) is 0 Å². The lowest BCUT2D eigenvalue weighted by Crippen LogP contribution is -2.18. The van der Waals surface area contributed by atoms with Gasteiger partial charge in [-0.25, -0.2) is 0 Å². The second kappa shape index (κ2) is 3.50. The summed E-state index contributed by atoms with van der Waals surface area (Å²) in [4.78, 5) is 10.3. The summed E-state index contributed by atoms with van der Waals surface area (Å²) >= 11 is 0. The molecule has 0 atom stereocenters. The molecule has 1 aromatic rings. The van der Waals surface area contributed by atoms with Gasteiger partial charge in [0, 0.05) is 5.56 Å². The second-order valence-electron chi connectivity index (χ2n) is 3.75. The summed E-state index contributed by atoms with van der Waals surface area (Å²) in [5.74, 6) is 0. The maximum Gasteiger partial charge on any atom is 0.416 e. The number of alkyl halides is 3. The summed E-state index contributed by atoms with van der Waals surface area (Å²) in [6, 6.07) is 5.20. The van der Waals surface area contributed by atoms with Gasteiger partial charge < -0.3 is 4.74 Å². The Kier molecular flexibility index (Phi) is 2.40. The predicted molar refractivity (Wildman–Crippen MR) is 49.5 cm³/mol. The standard InChI is InChI=1S/C11H9F3O2/c12-11(13,14)9-4-2-1-3-8(9)10(5-6-10)16-7-15/h1-4,7H,5-6H2. The van der Waals surface area contributed by atoms with Crippen LogP contribution in [0.3, 0.4) is 0 Å². The Bertz CT molecular complexity index is 408. The molecule has 1 saturated carbocycles. The molecule has 0 saturated heterocycles. The van der Waals surface area contributed by atoms with Crippen LogP contribution in [0.15, 0.2) is 24.3 Å². The fourth-order valence-electron chi connectivity index (χ4n) is 1.78. The lowest BCUT2D eigenvalue weighted by atomic mass is 10.0. The van der Waals surface area contributed by atoms with Crippen LogP contribution in [0, 0.1) is 0 Å². The molecule has 0 N–H and O–H groups in total. The molecule has 0 heterocycles. The predicted octanol–water partition coefficient (Wildman–Crippen LogP) is 2.87. The third kappa shape index (κ3) is 1.77. The molecule has 1 aliphatic carbocycles. The molecular weight excluding hydrogens is 221 g/mol. The van der Waals surface area contributed by atoms with E-state index in [9.17, 15) is 18.0 Å². The topological polar surface area (TPSA) is 26.3 Å². The molecule has 1 aromatic carbocycles. The molecular formula is C11H9F3O2. The molecule has 2 nitrogen and oxygen atoms in total. The van der Waals surface area contributed by atoms with Crippen molar-refractivity contribution in [1.82, 2.24) is 0 Å². The van der Waals surface area contributed by atoms with Crippen LogP contribution in [0.2, 0.25) is 0 Å². The number of halogens is 3. The Labute approximate surface area is 90.0 Å². The molecule has 2 rings (SSSR count). The van der Waals surface area contributed by atoms with Crippen LogP contribution >= 0.6 is 0 Å². The summed E-state index contributed by atoms with van der Waals surface area (Å²) in [5.41, 5.74) is -1.72. The minimum Gasteiger partial charge on any atom is -0.456 e. The van der Waals surface area contributed by atoms with Gasteiger partial charge in [-0.1, -0.05) is 18.2 Å². The van der Waals surface area contributed by atoms with Crippen molar-refractivity contribution in [1.29, 1.82) is 0 Å². The highest BCUT2D eigenvalue weighted by Crippen LogP contribution is 2.52. The van der Waals surface area contributed by atoms with Crippen molar-refractivity contribution < 1.29 is 22.7 Å². The fraction of sp³-hybridized carbons (Fsp3) is 0.364. The van der Waals surface area contributed by atoms with Gasteiger partial charge in [0.05, 0.1) is 5.56 Å². The van der Waals surface area contributed by atoms with Gasteiger partial charge in [-0.15, -0.1) is 0 Å². The average Bonchev–Trinajstić information content (AvgIpc) is 2.98. The van der Waals surface area contributed by atoms with Gasteiger partial charge in [-0.2, -0.15) is 13.2 Å². The van der Waals surface area contributed by atoms with Crippen molar-refractivity contribution in [3.05, 3.63) is 35.4 Å². The molecule has 0 bridgehead atoms. The highest BCUT2D eigenvalue weighted by molar-refractivity contribution is 5.45. The summed E-state index contributed by atoms with van der Waals surface area (Å²) < 4.78 is 42.9. The second-order valence-corrected chi connectivity index (χ2v) is 3.75. The van der Waals surface area contributed by atoms with E-state index in [0.717, 1.165) is 6.07 Å². The Morgan fingerprint density at radius 1 is 1.25 bits per heavy atom. The van der Waals surface area contributed by atoms with Crippen LogP contribution in [-0.2, 0) is 21.3 Å². The average molecular weight is 230 g/mol. The van der Waals surface area contributed by atoms with E-state index in [-0.39, 0.29) is 12.0 Å². The first kappa shape index (κ1) is 11.0. The normalized spacial score (nSPS) is 17.9. The van der Waals surface area contributed by atoms with E-state index in [1.807, 2.05) is 0 Å². The number of ether oxygens (including phenoxy) is 1. The molecule has 0 aromatic heterocycles. The molecule has 0 aliphatic heterocycles. The van der Waals surface area contributed by atoms with Gasteiger partial charge in [0.1, 0.15) is 5.60 Å². The summed E-state index contributed by atoms with van der Waals surface area (Å²) in [6.45, 7) is 0.208. The van der Waals surface area contributed by atoms with Gasteiger partial charge in [0.15, 0.2) is 0 Å². The number of benzene rings is 1. The monoisotopic (exact) mass is 230 g/mol. The van der Waals surface area contributed by atoms with E-state index in [1.54, 1.807) is 0 Å². The molecule has 0 spiro atoms. The third-order valence-electron chi connectivity index (χ3n) is 2.70. The van der Waals surface area contributed by atoms with Gasteiger partial charge in [0.25, 0.3) is 6.47 Å². The summed E-state index contributed by atoms with van der Waals surface area (Å²) in [6.07, 6.45) is -3.53. The van der Waals surface area contributed by atoms with Crippen molar-refractivity contribution in [3.63, 3.8) is 0 Å². The van der Waals surface area contributed by atoms with Gasteiger partial charge in [-0.3, -0.25) is 4.79 Å². The fourth-order valence-corrected chi connectivity index (χ4v) is 1.78. The van der Waals surface area contributed by atoms with Crippen LogP contribution < -0.4 is 0 Å². The van der Waals surface area contributed by atoms with Crippen molar-refractivity contribution in [2.24, 2.45) is 0 Å². The molecule has 0 radical (unpaired) electrons. The number of carbonyl (C=O) groups excluding carboxylic acids is 1. The summed E-state index contributed by atoms with van der Waals surface area (Å²) in [5, 5.41) is 0. The molecule has 86 valence electrons. The van der Waals surface area contributed by atoms with Crippen LogP contribution in [-0.4, -0.2) is 6.47 Å². The zero-order chi connectivity index (χ0) is 11.8. The smallest absolute Gasteiger partial charge is 0.416 e. The Balaban J connectivity index is 2.45. The van der Waals surface area contributed by atoms with Crippen molar-refractivity contribution in [2.75, 3.05) is 0 Å². The highest BCUT2D eigenvalue weighted by Gasteiger charge is 2.51. The Hall–Kier alpha value is -1.52. The molecule has 1 fully saturated rings. The maximum absolute atomic E-state index is 12.7. The largest absolute Gasteiger partial charge is 0.456 e. The number of carbonyl (C=O) groups is 1. The molecule has 16 heavy (non-hydrogen) atoms. The molecule has 5 heteroatoms. The SMILES string of the molecule is O=COC1(c2ccccc2C(F)(F)F)CC1. The van der Waals surface area contributed by atoms with E-state index in [1.165, 1.54) is 18.2 Å². The lowest BCUT2D eigenvalue weighted by molar-refractivity contribution is -0.144. The van der Waals surface area contributed by atoms with E-state index >= 15 is 0 Å². The van der Waals surface area contributed by atoms with Crippen molar-refractivity contribution in [2.45, 2.75) is 24.6 Å². The highest BCUT2D eigenvalue weighted by atomic mass is 19.4. The van der Waals surface area contributed by atoms with E-state index in [4.69, 9.17) is 4.74 Å². The minimum absolute atomic E-state index is 0.0506. The van der Waals surface area contributed by atoms with Crippen molar-refractivity contribution in [3.8, 4) is 0 Å². The van der Waals surface area contributed by atoms with Crippen LogP contribution in [0.4, 0.5) is 13.2 Å². The summed E-state index contributed by atoms with van der Waals surface area (Å²) in [7, 11) is 0. The molecule has 1 aliphatic rings. The first-order valence-electron chi connectivity index (χ1n) is 4.78. The zero-order valence-electron chi connectivity index (χ0n) is 8.25. The van der Waals surface area contributed by atoms with Crippen molar-refractivity contribution >= 4 is 6.47 Å². The van der Waals surface area contributed by atoms with Crippen LogP contribution in [0.25, 0.3) is 0 Å². The minimum atomic E-state index is -4.42. The van der Waals surface area contributed by atoms with Gasteiger partial charge >= 0.3 is 6.18 Å². The van der Waals surface area contributed by atoms with Gasteiger partial charge in [0.2, 0.25) is 0 Å². The maximum atomic E-state index is 12.7.